The van der Waals surface area contributed by atoms with E-state index in [-0.39, 0.29) is 11.2 Å². The van der Waals surface area contributed by atoms with Crippen molar-refractivity contribution < 1.29 is 4.79 Å². The van der Waals surface area contributed by atoms with Crippen LogP contribution in [0.1, 0.15) is 44.7 Å². The summed E-state index contributed by atoms with van der Waals surface area (Å²) < 4.78 is 0. The molecule has 0 saturated heterocycles. The normalized spacial score (nSPS) is 11.5. The Morgan fingerprint density at radius 2 is 1.60 bits per heavy atom. The molecular weight excluding hydrogens is 184 g/mol. The first kappa shape index (κ1) is 12.0. The van der Waals surface area contributed by atoms with E-state index in [9.17, 15) is 4.79 Å². The largest absolute Gasteiger partial charge is 0.299 e. The van der Waals surface area contributed by atoms with Crippen molar-refractivity contribution in [3.63, 3.8) is 0 Å². The molecule has 82 valence electrons. The van der Waals surface area contributed by atoms with Gasteiger partial charge in [-0.1, -0.05) is 43.7 Å². The molecule has 0 unspecified atom stereocenters. The van der Waals surface area contributed by atoms with Gasteiger partial charge in [-0.3, -0.25) is 4.79 Å². The zero-order valence-electron chi connectivity index (χ0n) is 10.1. The zero-order valence-corrected chi connectivity index (χ0v) is 10.1. The van der Waals surface area contributed by atoms with E-state index in [1.165, 1.54) is 5.56 Å². The molecule has 0 aromatic heterocycles. The number of rotatable bonds is 4. The number of carbonyl (C=O) groups is 1. The van der Waals surface area contributed by atoms with Crippen molar-refractivity contribution in [1.29, 1.82) is 0 Å². The van der Waals surface area contributed by atoms with Crippen LogP contribution in [0.4, 0.5) is 0 Å². The molecular formula is C14H20O. The number of ketones is 1. The van der Waals surface area contributed by atoms with Gasteiger partial charge >= 0.3 is 0 Å². The van der Waals surface area contributed by atoms with E-state index in [1.54, 1.807) is 6.92 Å². The smallest absolute Gasteiger partial charge is 0.140 e. The Balaban J connectivity index is 3.20. The molecule has 0 fully saturated rings. The minimum Gasteiger partial charge on any atom is -0.299 e. The molecule has 1 aromatic rings. The van der Waals surface area contributed by atoms with Gasteiger partial charge in [-0.2, -0.15) is 0 Å². The van der Waals surface area contributed by atoms with Gasteiger partial charge < -0.3 is 0 Å². The second-order valence-electron chi connectivity index (χ2n) is 4.21. The number of benzene rings is 1. The maximum absolute atomic E-state index is 11.8. The maximum atomic E-state index is 11.8. The second-order valence-corrected chi connectivity index (χ2v) is 4.21. The third-order valence-corrected chi connectivity index (χ3v) is 3.49. The first-order chi connectivity index (χ1) is 7.06. The fraction of sp³-hybridized carbons (Fsp3) is 0.500. The summed E-state index contributed by atoms with van der Waals surface area (Å²) in [4.78, 5) is 11.8. The van der Waals surface area contributed by atoms with Crippen LogP contribution in [-0.4, -0.2) is 5.78 Å². The van der Waals surface area contributed by atoms with Crippen LogP contribution < -0.4 is 0 Å². The van der Waals surface area contributed by atoms with Gasteiger partial charge in [0.05, 0.1) is 5.41 Å². The molecule has 0 saturated carbocycles. The van der Waals surface area contributed by atoms with Crippen molar-refractivity contribution in [1.82, 2.24) is 0 Å². The number of aryl methyl sites for hydroxylation is 1. The van der Waals surface area contributed by atoms with Crippen molar-refractivity contribution >= 4 is 5.78 Å². The topological polar surface area (TPSA) is 17.1 Å². The van der Waals surface area contributed by atoms with E-state index in [2.05, 4.69) is 45.0 Å². The molecule has 0 amide bonds. The summed E-state index contributed by atoms with van der Waals surface area (Å²) in [6.45, 7) is 7.94. The highest BCUT2D eigenvalue weighted by molar-refractivity contribution is 5.87. The number of hydrogen-bond acceptors (Lipinski definition) is 1. The minimum atomic E-state index is -0.270. The monoisotopic (exact) mass is 204 g/mol. The van der Waals surface area contributed by atoms with Gasteiger partial charge in [-0.15, -0.1) is 0 Å². The predicted molar refractivity (Wildman–Crippen MR) is 64.1 cm³/mol. The lowest BCUT2D eigenvalue weighted by atomic mass is 9.73. The summed E-state index contributed by atoms with van der Waals surface area (Å²) in [6.07, 6.45) is 1.75. The Kier molecular flexibility index (Phi) is 3.67. The standard InChI is InChI=1S/C14H20O/c1-5-14(6-2,12(4)15)13-9-7-11(3)8-10-13/h7-10H,5-6H2,1-4H3. The average Bonchev–Trinajstić information content (AvgIpc) is 2.22. The summed E-state index contributed by atoms with van der Waals surface area (Å²) in [5, 5.41) is 0. The van der Waals surface area contributed by atoms with E-state index < -0.39 is 0 Å². The first-order valence-corrected chi connectivity index (χ1v) is 5.65. The van der Waals surface area contributed by atoms with Crippen LogP contribution in [0.3, 0.4) is 0 Å². The molecule has 0 aliphatic heterocycles. The van der Waals surface area contributed by atoms with Crippen molar-refractivity contribution in [3.8, 4) is 0 Å². The van der Waals surface area contributed by atoms with Crippen LogP contribution in [0.15, 0.2) is 24.3 Å². The van der Waals surface area contributed by atoms with Gasteiger partial charge in [-0.25, -0.2) is 0 Å². The summed E-state index contributed by atoms with van der Waals surface area (Å²) in [5.74, 6) is 0.274. The van der Waals surface area contributed by atoms with Crippen LogP contribution in [0, 0.1) is 6.92 Å². The third-order valence-electron chi connectivity index (χ3n) is 3.49. The Morgan fingerprint density at radius 1 is 1.13 bits per heavy atom. The van der Waals surface area contributed by atoms with E-state index in [0.717, 1.165) is 18.4 Å². The molecule has 0 spiro atoms. The number of hydrogen-bond donors (Lipinski definition) is 0. The Hall–Kier alpha value is -1.11. The third kappa shape index (κ3) is 2.11. The SMILES string of the molecule is CCC(CC)(C(C)=O)c1ccc(C)cc1. The molecule has 1 rings (SSSR count). The van der Waals surface area contributed by atoms with Crippen LogP contribution in [-0.2, 0) is 10.2 Å². The highest BCUT2D eigenvalue weighted by Crippen LogP contribution is 2.32. The Labute approximate surface area is 92.5 Å². The molecule has 1 heteroatoms. The van der Waals surface area contributed by atoms with E-state index >= 15 is 0 Å². The van der Waals surface area contributed by atoms with Crippen molar-refractivity contribution in [2.45, 2.75) is 46.0 Å². The highest BCUT2D eigenvalue weighted by atomic mass is 16.1. The molecule has 15 heavy (non-hydrogen) atoms. The molecule has 0 bridgehead atoms. The second kappa shape index (κ2) is 4.61. The van der Waals surface area contributed by atoms with Crippen molar-refractivity contribution in [2.24, 2.45) is 0 Å². The summed E-state index contributed by atoms with van der Waals surface area (Å²) in [5.41, 5.74) is 2.13. The summed E-state index contributed by atoms with van der Waals surface area (Å²) in [6, 6.07) is 8.34. The van der Waals surface area contributed by atoms with E-state index in [4.69, 9.17) is 0 Å². The van der Waals surface area contributed by atoms with Crippen LogP contribution in [0.5, 0.6) is 0 Å². The molecule has 0 radical (unpaired) electrons. The van der Waals surface area contributed by atoms with Crippen LogP contribution >= 0.6 is 0 Å². The first-order valence-electron chi connectivity index (χ1n) is 5.65. The van der Waals surface area contributed by atoms with Gasteiger partial charge in [0.25, 0.3) is 0 Å². The molecule has 0 heterocycles. The van der Waals surface area contributed by atoms with Crippen LogP contribution in [0.25, 0.3) is 0 Å². The van der Waals surface area contributed by atoms with Crippen LogP contribution in [0.2, 0.25) is 0 Å². The number of carbonyl (C=O) groups excluding carboxylic acids is 1. The van der Waals surface area contributed by atoms with Crippen molar-refractivity contribution in [2.75, 3.05) is 0 Å². The average molecular weight is 204 g/mol. The Bertz CT molecular complexity index is 331. The van der Waals surface area contributed by atoms with E-state index in [0.29, 0.717) is 0 Å². The lowest BCUT2D eigenvalue weighted by Crippen LogP contribution is -2.32. The summed E-state index contributed by atoms with van der Waals surface area (Å²) in [7, 11) is 0. The van der Waals surface area contributed by atoms with Gasteiger partial charge in [0, 0.05) is 0 Å². The van der Waals surface area contributed by atoms with Crippen molar-refractivity contribution in [3.05, 3.63) is 35.4 Å². The van der Waals surface area contributed by atoms with Gasteiger partial charge in [0.1, 0.15) is 5.78 Å². The fourth-order valence-electron chi connectivity index (χ4n) is 2.23. The molecule has 0 aliphatic carbocycles. The Morgan fingerprint density at radius 3 is 1.93 bits per heavy atom. The lowest BCUT2D eigenvalue weighted by molar-refractivity contribution is -0.122. The molecule has 0 N–H and O–H groups in total. The van der Waals surface area contributed by atoms with Gasteiger partial charge in [-0.05, 0) is 32.3 Å². The number of Topliss-reactive ketones (excluding diaryl/α,β-unsaturated/α-hetero) is 1. The molecule has 1 nitrogen and oxygen atoms in total. The quantitative estimate of drug-likeness (QED) is 0.731. The molecule has 1 aromatic carbocycles. The zero-order chi connectivity index (χ0) is 11.5. The highest BCUT2D eigenvalue weighted by Gasteiger charge is 2.33. The van der Waals surface area contributed by atoms with Gasteiger partial charge in [0.15, 0.2) is 0 Å². The molecule has 0 atom stereocenters. The van der Waals surface area contributed by atoms with Gasteiger partial charge in [0.2, 0.25) is 0 Å². The maximum Gasteiger partial charge on any atom is 0.140 e. The fourth-order valence-corrected chi connectivity index (χ4v) is 2.23. The predicted octanol–water partition coefficient (Wildman–Crippen LogP) is 3.64. The minimum absolute atomic E-state index is 0.270. The molecule has 0 aliphatic rings. The summed E-state index contributed by atoms with van der Waals surface area (Å²) >= 11 is 0. The van der Waals surface area contributed by atoms with E-state index in [1.807, 2.05) is 0 Å². The lowest BCUT2D eigenvalue weighted by Gasteiger charge is -2.29.